The van der Waals surface area contributed by atoms with Crippen molar-refractivity contribution < 1.29 is 19.1 Å². The Bertz CT molecular complexity index is 1010. The molecule has 1 aromatic carbocycles. The summed E-state index contributed by atoms with van der Waals surface area (Å²) in [5.74, 6) is -1.35. The van der Waals surface area contributed by atoms with Crippen molar-refractivity contribution in [1.82, 2.24) is 14.5 Å². The number of aromatic nitrogens is 2. The number of carbonyl (C=O) groups is 3. The van der Waals surface area contributed by atoms with Gasteiger partial charge in [-0.1, -0.05) is 6.07 Å². The number of rotatable bonds is 6. The van der Waals surface area contributed by atoms with E-state index in [1.165, 1.54) is 4.90 Å². The Labute approximate surface area is 183 Å². The predicted molar refractivity (Wildman–Crippen MR) is 114 cm³/mol. The van der Waals surface area contributed by atoms with Crippen molar-refractivity contribution >= 4 is 33.7 Å². The van der Waals surface area contributed by atoms with Crippen LogP contribution in [0.25, 0.3) is 11.3 Å². The van der Waals surface area contributed by atoms with Crippen LogP contribution >= 0.6 is 15.9 Å². The van der Waals surface area contributed by atoms with Crippen molar-refractivity contribution in [2.24, 2.45) is 12.8 Å². The molecule has 160 valence electrons. The lowest BCUT2D eigenvalue weighted by molar-refractivity contribution is -0.155. The van der Waals surface area contributed by atoms with Crippen LogP contribution in [0.15, 0.2) is 29.1 Å². The largest absolute Gasteiger partial charge is 0.460 e. The third kappa shape index (κ3) is 4.56. The molecule has 30 heavy (non-hydrogen) atoms. The maximum Gasteiger partial charge on any atom is 0.306 e. The van der Waals surface area contributed by atoms with Crippen molar-refractivity contribution in [3.8, 4) is 11.3 Å². The maximum absolute atomic E-state index is 12.9. The van der Waals surface area contributed by atoms with Gasteiger partial charge in [-0.3, -0.25) is 14.4 Å². The molecule has 0 fully saturated rings. The molecule has 0 radical (unpaired) electrons. The van der Waals surface area contributed by atoms with E-state index in [0.717, 1.165) is 21.4 Å². The van der Waals surface area contributed by atoms with Gasteiger partial charge in [0.05, 0.1) is 6.33 Å². The van der Waals surface area contributed by atoms with Gasteiger partial charge in [0.15, 0.2) is 0 Å². The third-order valence-electron chi connectivity index (χ3n) is 4.82. The zero-order valence-electron chi connectivity index (χ0n) is 17.4. The molecule has 1 aliphatic rings. The minimum atomic E-state index is -0.887. The van der Waals surface area contributed by atoms with Crippen LogP contribution in [-0.4, -0.2) is 43.9 Å². The summed E-state index contributed by atoms with van der Waals surface area (Å²) >= 11 is 3.51. The molecule has 2 N–H and O–H groups in total. The van der Waals surface area contributed by atoms with Crippen molar-refractivity contribution in [2.75, 3.05) is 0 Å². The number of fused-ring (bicyclic) bond motifs is 1. The van der Waals surface area contributed by atoms with Gasteiger partial charge in [0.1, 0.15) is 21.9 Å². The van der Waals surface area contributed by atoms with Crippen LogP contribution < -0.4 is 5.73 Å². The summed E-state index contributed by atoms with van der Waals surface area (Å²) in [5, 5.41) is 0. The minimum Gasteiger partial charge on any atom is -0.460 e. The summed E-state index contributed by atoms with van der Waals surface area (Å²) < 4.78 is 7.97. The first kappa shape index (κ1) is 22.0. The van der Waals surface area contributed by atoms with Crippen molar-refractivity contribution in [3.05, 3.63) is 40.3 Å². The standard InChI is InChI=1S/C21H25BrN4O4/c1-21(2,3)30-16(27)8-7-15(19(23)28)26-10-13-9-12(5-6-14(13)20(26)29)17-18(22)25(4)11-24-17/h5-6,9,11,15H,7-8,10H2,1-4H3,(H2,23,28). The molecule has 0 bridgehead atoms. The van der Waals surface area contributed by atoms with Crippen LogP contribution in [0.3, 0.4) is 0 Å². The van der Waals surface area contributed by atoms with Gasteiger partial charge < -0.3 is 19.9 Å². The number of esters is 1. The maximum atomic E-state index is 12.9. The van der Waals surface area contributed by atoms with E-state index in [0.29, 0.717) is 5.56 Å². The van der Waals surface area contributed by atoms with Crippen LogP contribution in [0.2, 0.25) is 0 Å². The van der Waals surface area contributed by atoms with Crippen molar-refractivity contribution in [1.29, 1.82) is 0 Å². The molecule has 1 unspecified atom stereocenters. The fourth-order valence-electron chi connectivity index (χ4n) is 3.45. The van der Waals surface area contributed by atoms with Crippen LogP contribution in [0, 0.1) is 0 Å². The molecule has 1 atom stereocenters. The first-order valence-electron chi connectivity index (χ1n) is 9.60. The number of hydrogen-bond donors (Lipinski definition) is 1. The molecule has 0 saturated carbocycles. The Kier molecular flexibility index (Phi) is 6.03. The van der Waals surface area contributed by atoms with Gasteiger partial charge in [-0.2, -0.15) is 0 Å². The Morgan fingerprint density at radius 2 is 2.03 bits per heavy atom. The quantitative estimate of drug-likeness (QED) is 0.644. The zero-order valence-corrected chi connectivity index (χ0v) is 19.0. The van der Waals surface area contributed by atoms with E-state index >= 15 is 0 Å². The summed E-state index contributed by atoms with van der Waals surface area (Å²) in [6.45, 7) is 5.56. The molecular formula is C21H25BrN4O4. The minimum absolute atomic E-state index is 0.00284. The Morgan fingerprint density at radius 1 is 1.33 bits per heavy atom. The van der Waals surface area contributed by atoms with E-state index in [1.807, 2.05) is 23.7 Å². The van der Waals surface area contributed by atoms with E-state index in [-0.39, 0.29) is 25.3 Å². The number of imidazole rings is 1. The van der Waals surface area contributed by atoms with E-state index < -0.39 is 23.5 Å². The number of aryl methyl sites for hydroxylation is 1. The number of hydrogen-bond acceptors (Lipinski definition) is 5. The highest BCUT2D eigenvalue weighted by Crippen LogP contribution is 2.32. The summed E-state index contributed by atoms with van der Waals surface area (Å²) in [6, 6.07) is 4.57. The number of amides is 2. The van der Waals surface area contributed by atoms with Gasteiger partial charge in [-0.15, -0.1) is 0 Å². The van der Waals surface area contributed by atoms with Crippen molar-refractivity contribution in [2.45, 2.75) is 51.8 Å². The molecule has 0 aliphatic carbocycles. The second-order valence-corrected chi connectivity index (χ2v) is 9.09. The molecule has 0 spiro atoms. The average molecular weight is 477 g/mol. The number of carbonyl (C=O) groups excluding carboxylic acids is 3. The fourth-order valence-corrected chi connectivity index (χ4v) is 3.87. The Balaban J connectivity index is 1.78. The fraction of sp³-hybridized carbons (Fsp3) is 0.429. The molecule has 1 aromatic heterocycles. The van der Waals surface area contributed by atoms with Crippen LogP contribution in [0.4, 0.5) is 0 Å². The summed E-state index contributed by atoms with van der Waals surface area (Å²) in [4.78, 5) is 42.8. The molecule has 1 aliphatic heterocycles. The molecule has 2 aromatic rings. The number of ether oxygens (including phenoxy) is 1. The monoisotopic (exact) mass is 476 g/mol. The van der Waals surface area contributed by atoms with E-state index in [9.17, 15) is 14.4 Å². The van der Waals surface area contributed by atoms with Crippen LogP contribution in [0.1, 0.15) is 49.5 Å². The molecule has 9 heteroatoms. The number of halogens is 1. The van der Waals surface area contributed by atoms with E-state index in [1.54, 1.807) is 33.2 Å². The second kappa shape index (κ2) is 8.22. The molecular weight excluding hydrogens is 452 g/mol. The number of benzene rings is 1. The summed E-state index contributed by atoms with van der Waals surface area (Å²) in [6.07, 6.45) is 1.81. The highest BCUT2D eigenvalue weighted by Gasteiger charge is 2.36. The zero-order chi connectivity index (χ0) is 22.2. The lowest BCUT2D eigenvalue weighted by Crippen LogP contribution is -2.45. The summed E-state index contributed by atoms with van der Waals surface area (Å²) in [7, 11) is 1.88. The van der Waals surface area contributed by atoms with Gasteiger partial charge in [0.2, 0.25) is 5.91 Å². The highest BCUT2D eigenvalue weighted by atomic mass is 79.9. The lowest BCUT2D eigenvalue weighted by atomic mass is 10.0. The van der Waals surface area contributed by atoms with Gasteiger partial charge in [-0.25, -0.2) is 4.98 Å². The van der Waals surface area contributed by atoms with Gasteiger partial charge in [0.25, 0.3) is 5.91 Å². The number of nitrogens with two attached hydrogens (primary N) is 1. The van der Waals surface area contributed by atoms with E-state index in [4.69, 9.17) is 10.5 Å². The summed E-state index contributed by atoms with van der Waals surface area (Å²) in [5.41, 5.74) is 7.89. The van der Waals surface area contributed by atoms with Gasteiger partial charge in [0, 0.05) is 31.1 Å². The highest BCUT2D eigenvalue weighted by molar-refractivity contribution is 9.10. The Hall–Kier alpha value is -2.68. The Morgan fingerprint density at radius 3 is 2.60 bits per heavy atom. The topological polar surface area (TPSA) is 108 Å². The predicted octanol–water partition coefficient (Wildman–Crippen LogP) is 2.78. The smallest absolute Gasteiger partial charge is 0.306 e. The molecule has 3 rings (SSSR count). The first-order chi connectivity index (χ1) is 14.0. The van der Waals surface area contributed by atoms with Gasteiger partial charge >= 0.3 is 5.97 Å². The van der Waals surface area contributed by atoms with Crippen LogP contribution in [0.5, 0.6) is 0 Å². The molecule has 8 nitrogen and oxygen atoms in total. The second-order valence-electron chi connectivity index (χ2n) is 8.34. The number of nitrogens with zero attached hydrogens (tertiary/aromatic N) is 3. The first-order valence-corrected chi connectivity index (χ1v) is 10.4. The van der Waals surface area contributed by atoms with E-state index in [2.05, 4.69) is 20.9 Å². The normalized spacial score (nSPS) is 14.6. The SMILES string of the molecule is Cn1cnc(-c2ccc3c(c2)CN(C(CCC(=O)OC(C)(C)C)C(N)=O)C3=O)c1Br. The number of primary amides is 1. The molecule has 0 saturated heterocycles. The molecule has 2 amide bonds. The lowest BCUT2D eigenvalue weighted by Gasteiger charge is -2.25. The average Bonchev–Trinajstić information content (AvgIpc) is 3.13. The van der Waals surface area contributed by atoms with Crippen LogP contribution in [-0.2, 0) is 27.9 Å². The molecule has 2 heterocycles. The third-order valence-corrected chi connectivity index (χ3v) is 5.76. The van der Waals surface area contributed by atoms with Crippen molar-refractivity contribution in [3.63, 3.8) is 0 Å². The van der Waals surface area contributed by atoms with Gasteiger partial charge in [-0.05, 0) is 60.8 Å².